The van der Waals surface area contributed by atoms with Gasteiger partial charge in [0.2, 0.25) is 0 Å². The molecule has 2 unspecified atom stereocenters. The van der Waals surface area contributed by atoms with Crippen molar-refractivity contribution < 1.29 is 5.11 Å². The molecule has 1 heteroatoms. The zero-order chi connectivity index (χ0) is 12.2. The van der Waals surface area contributed by atoms with Gasteiger partial charge in [-0.15, -0.1) is 0 Å². The molecule has 1 aliphatic carbocycles. The molecule has 1 rings (SSSR count). The zero-order valence-corrected chi connectivity index (χ0v) is 11.6. The van der Waals surface area contributed by atoms with Crippen molar-refractivity contribution in [2.45, 2.75) is 78.7 Å². The van der Waals surface area contributed by atoms with Gasteiger partial charge in [0.25, 0.3) is 0 Å². The molecular formula is C15H30O. The molecule has 1 saturated carbocycles. The molecule has 0 radical (unpaired) electrons. The van der Waals surface area contributed by atoms with Crippen molar-refractivity contribution in [2.24, 2.45) is 17.3 Å². The topological polar surface area (TPSA) is 20.2 Å². The van der Waals surface area contributed by atoms with Crippen LogP contribution in [0, 0.1) is 17.3 Å². The fraction of sp³-hybridized carbons (Fsp3) is 1.00. The van der Waals surface area contributed by atoms with Gasteiger partial charge in [0.15, 0.2) is 0 Å². The second-order valence-electron chi connectivity index (χ2n) is 6.12. The summed E-state index contributed by atoms with van der Waals surface area (Å²) in [5.41, 5.74) is 0.533. The number of aliphatic hydroxyl groups excluding tert-OH is 1. The molecule has 0 aromatic carbocycles. The van der Waals surface area contributed by atoms with E-state index in [4.69, 9.17) is 0 Å². The van der Waals surface area contributed by atoms with Crippen LogP contribution in [0.3, 0.4) is 0 Å². The Kier molecular flexibility index (Phi) is 5.30. The average molecular weight is 226 g/mol. The normalized spacial score (nSPS) is 37.3. The Labute approximate surface area is 102 Å². The van der Waals surface area contributed by atoms with Gasteiger partial charge in [-0.05, 0) is 42.9 Å². The van der Waals surface area contributed by atoms with Gasteiger partial charge in [-0.1, -0.05) is 47.0 Å². The highest BCUT2D eigenvalue weighted by Crippen LogP contribution is 2.48. The van der Waals surface area contributed by atoms with Gasteiger partial charge in [0, 0.05) is 0 Å². The fourth-order valence-electron chi connectivity index (χ4n) is 3.55. The van der Waals surface area contributed by atoms with Crippen molar-refractivity contribution in [2.75, 3.05) is 0 Å². The van der Waals surface area contributed by atoms with Gasteiger partial charge < -0.3 is 5.11 Å². The Morgan fingerprint density at radius 1 is 1.38 bits per heavy atom. The lowest BCUT2D eigenvalue weighted by atomic mass is 9.60. The standard InChI is InChI=1S/C15H30O/c1-5-13(16)9-10-14-12(3)8-7-11-15(14,4)6-2/h12-14,16H,5-11H2,1-4H3/t12-,13?,14+,15?/m1/s1. The maximum absolute atomic E-state index is 9.72. The van der Waals surface area contributed by atoms with Crippen LogP contribution in [-0.4, -0.2) is 11.2 Å². The van der Waals surface area contributed by atoms with E-state index < -0.39 is 0 Å². The molecule has 0 amide bonds. The first kappa shape index (κ1) is 14.0. The summed E-state index contributed by atoms with van der Waals surface area (Å²) in [6.45, 7) is 9.29. The Bertz CT molecular complexity index is 202. The van der Waals surface area contributed by atoms with E-state index in [0.29, 0.717) is 5.41 Å². The van der Waals surface area contributed by atoms with E-state index in [1.54, 1.807) is 0 Å². The molecular weight excluding hydrogens is 196 g/mol. The van der Waals surface area contributed by atoms with Crippen LogP contribution in [-0.2, 0) is 0 Å². The third-order valence-electron chi connectivity index (χ3n) is 5.08. The summed E-state index contributed by atoms with van der Waals surface area (Å²) in [6, 6.07) is 0. The van der Waals surface area contributed by atoms with Gasteiger partial charge in [0.1, 0.15) is 0 Å². The first-order valence-electron chi connectivity index (χ1n) is 7.21. The Hall–Kier alpha value is -0.0400. The monoisotopic (exact) mass is 226 g/mol. The summed E-state index contributed by atoms with van der Waals surface area (Å²) in [6.07, 6.45) is 8.53. The highest BCUT2D eigenvalue weighted by Gasteiger charge is 2.38. The van der Waals surface area contributed by atoms with E-state index in [1.165, 1.54) is 32.1 Å². The second kappa shape index (κ2) is 6.05. The third-order valence-corrected chi connectivity index (χ3v) is 5.08. The number of hydrogen-bond acceptors (Lipinski definition) is 1. The molecule has 0 aromatic rings. The van der Waals surface area contributed by atoms with Crippen LogP contribution in [0.1, 0.15) is 72.6 Å². The summed E-state index contributed by atoms with van der Waals surface area (Å²) < 4.78 is 0. The van der Waals surface area contributed by atoms with Crippen LogP contribution in [0.25, 0.3) is 0 Å². The lowest BCUT2D eigenvalue weighted by Gasteiger charge is -2.45. The lowest BCUT2D eigenvalue weighted by molar-refractivity contribution is 0.0398. The van der Waals surface area contributed by atoms with Gasteiger partial charge >= 0.3 is 0 Å². The highest BCUT2D eigenvalue weighted by molar-refractivity contribution is 4.88. The highest BCUT2D eigenvalue weighted by atomic mass is 16.3. The minimum Gasteiger partial charge on any atom is -0.393 e. The smallest absolute Gasteiger partial charge is 0.0537 e. The summed E-state index contributed by atoms with van der Waals surface area (Å²) in [5, 5.41) is 9.72. The molecule has 0 bridgehead atoms. The van der Waals surface area contributed by atoms with E-state index in [2.05, 4.69) is 27.7 Å². The summed E-state index contributed by atoms with van der Waals surface area (Å²) in [5.74, 6) is 1.68. The van der Waals surface area contributed by atoms with Gasteiger partial charge in [-0.2, -0.15) is 0 Å². The van der Waals surface area contributed by atoms with Crippen molar-refractivity contribution in [3.05, 3.63) is 0 Å². The van der Waals surface area contributed by atoms with Crippen LogP contribution in [0.15, 0.2) is 0 Å². The van der Waals surface area contributed by atoms with Crippen LogP contribution in [0.4, 0.5) is 0 Å². The van der Waals surface area contributed by atoms with Crippen molar-refractivity contribution in [1.29, 1.82) is 0 Å². The number of rotatable bonds is 5. The zero-order valence-electron chi connectivity index (χ0n) is 11.6. The van der Waals surface area contributed by atoms with E-state index in [9.17, 15) is 5.11 Å². The lowest BCUT2D eigenvalue weighted by Crippen LogP contribution is -2.36. The predicted molar refractivity (Wildman–Crippen MR) is 70.4 cm³/mol. The van der Waals surface area contributed by atoms with Crippen LogP contribution in [0.2, 0.25) is 0 Å². The molecule has 0 saturated heterocycles. The van der Waals surface area contributed by atoms with Crippen LogP contribution in [0.5, 0.6) is 0 Å². The van der Waals surface area contributed by atoms with E-state index >= 15 is 0 Å². The van der Waals surface area contributed by atoms with Gasteiger partial charge in [-0.25, -0.2) is 0 Å². The summed E-state index contributed by atoms with van der Waals surface area (Å²) in [7, 11) is 0. The van der Waals surface area contributed by atoms with Gasteiger partial charge in [0.05, 0.1) is 6.10 Å². The van der Waals surface area contributed by atoms with Crippen LogP contribution < -0.4 is 0 Å². The molecule has 0 heterocycles. The maximum atomic E-state index is 9.72. The first-order valence-corrected chi connectivity index (χ1v) is 7.21. The fourth-order valence-corrected chi connectivity index (χ4v) is 3.55. The Balaban J connectivity index is 2.57. The largest absolute Gasteiger partial charge is 0.393 e. The number of aliphatic hydroxyl groups is 1. The van der Waals surface area contributed by atoms with Crippen molar-refractivity contribution >= 4 is 0 Å². The molecule has 96 valence electrons. The predicted octanol–water partition coefficient (Wildman–Crippen LogP) is 4.39. The molecule has 1 aliphatic rings. The Morgan fingerprint density at radius 2 is 2.06 bits per heavy atom. The molecule has 1 nitrogen and oxygen atoms in total. The molecule has 16 heavy (non-hydrogen) atoms. The molecule has 1 fully saturated rings. The van der Waals surface area contributed by atoms with Crippen molar-refractivity contribution in [3.63, 3.8) is 0 Å². The second-order valence-corrected chi connectivity index (χ2v) is 6.12. The van der Waals surface area contributed by atoms with Crippen molar-refractivity contribution in [1.82, 2.24) is 0 Å². The SMILES string of the molecule is CCC(O)CC[C@H]1[C@H](C)CCCC1(C)CC. The first-order chi connectivity index (χ1) is 7.53. The molecule has 1 N–H and O–H groups in total. The minimum atomic E-state index is -0.0739. The van der Waals surface area contributed by atoms with Gasteiger partial charge in [-0.3, -0.25) is 0 Å². The average Bonchev–Trinajstić information content (AvgIpc) is 2.28. The quantitative estimate of drug-likeness (QED) is 0.737. The summed E-state index contributed by atoms with van der Waals surface area (Å²) >= 11 is 0. The molecule has 4 atom stereocenters. The van der Waals surface area contributed by atoms with Crippen molar-refractivity contribution in [3.8, 4) is 0 Å². The maximum Gasteiger partial charge on any atom is 0.0537 e. The van der Waals surface area contributed by atoms with E-state index in [1.807, 2.05) is 0 Å². The minimum absolute atomic E-state index is 0.0739. The number of hydrogen-bond donors (Lipinski definition) is 1. The van der Waals surface area contributed by atoms with E-state index in [0.717, 1.165) is 24.7 Å². The molecule has 0 aliphatic heterocycles. The third kappa shape index (κ3) is 3.23. The molecule has 0 aromatic heterocycles. The summed E-state index contributed by atoms with van der Waals surface area (Å²) in [4.78, 5) is 0. The van der Waals surface area contributed by atoms with E-state index in [-0.39, 0.29) is 6.10 Å². The Morgan fingerprint density at radius 3 is 2.62 bits per heavy atom. The van der Waals surface area contributed by atoms with Crippen LogP contribution >= 0.6 is 0 Å². The molecule has 0 spiro atoms.